The minimum atomic E-state index is -4.50. The van der Waals surface area contributed by atoms with Gasteiger partial charge in [-0.05, 0) is 32.2 Å². The Morgan fingerprint density at radius 2 is 1.91 bits per heavy atom. The van der Waals surface area contributed by atoms with Gasteiger partial charge >= 0.3 is 6.18 Å². The molecule has 1 atom stereocenters. The zero-order chi connectivity index (χ0) is 17.0. The lowest BCUT2D eigenvalue weighted by Gasteiger charge is -2.34. The normalized spacial score (nSPS) is 18.4. The molecule has 1 aromatic carbocycles. The summed E-state index contributed by atoms with van der Waals surface area (Å²) in [4.78, 5) is 4.59. The molecular formula is C16H21F3N4. The molecule has 0 spiro atoms. The SMILES string of the molecule is C[C@@H](CN1CCN(C)CC1)Nc1ccc(C(F)(F)F)c(C#N)c1. The molecule has 1 saturated heterocycles. The Bertz CT molecular complexity index is 572. The van der Waals surface area contributed by atoms with Gasteiger partial charge in [0.25, 0.3) is 0 Å². The Labute approximate surface area is 134 Å². The number of anilines is 1. The second kappa shape index (κ2) is 7.20. The largest absolute Gasteiger partial charge is 0.417 e. The van der Waals surface area contributed by atoms with Crippen molar-refractivity contribution in [3.8, 4) is 6.07 Å². The van der Waals surface area contributed by atoms with Crippen LogP contribution in [0.4, 0.5) is 18.9 Å². The van der Waals surface area contributed by atoms with Crippen LogP contribution in [-0.4, -0.2) is 55.6 Å². The maximum absolute atomic E-state index is 12.8. The van der Waals surface area contributed by atoms with Gasteiger partial charge < -0.3 is 10.2 Å². The highest BCUT2D eigenvalue weighted by Crippen LogP contribution is 2.33. The van der Waals surface area contributed by atoms with Gasteiger partial charge in [0, 0.05) is 44.5 Å². The van der Waals surface area contributed by atoms with E-state index < -0.39 is 11.7 Å². The van der Waals surface area contributed by atoms with Crippen LogP contribution in [0.2, 0.25) is 0 Å². The third-order valence-electron chi connectivity index (χ3n) is 3.99. The summed E-state index contributed by atoms with van der Waals surface area (Å²) >= 11 is 0. The van der Waals surface area contributed by atoms with Crippen molar-refractivity contribution in [3.05, 3.63) is 29.3 Å². The first-order chi connectivity index (χ1) is 10.8. The van der Waals surface area contributed by atoms with Gasteiger partial charge in [0.15, 0.2) is 0 Å². The van der Waals surface area contributed by atoms with Crippen LogP contribution in [0.3, 0.4) is 0 Å². The molecule has 0 amide bonds. The summed E-state index contributed by atoms with van der Waals surface area (Å²) in [5.74, 6) is 0. The highest BCUT2D eigenvalue weighted by Gasteiger charge is 2.33. The third kappa shape index (κ3) is 4.85. The van der Waals surface area contributed by atoms with Crippen LogP contribution in [0, 0.1) is 11.3 Å². The molecule has 1 N–H and O–H groups in total. The van der Waals surface area contributed by atoms with E-state index in [-0.39, 0.29) is 11.6 Å². The van der Waals surface area contributed by atoms with Gasteiger partial charge in [0.1, 0.15) is 0 Å². The molecule has 7 heteroatoms. The molecule has 2 rings (SSSR count). The molecule has 0 saturated carbocycles. The number of hydrogen-bond donors (Lipinski definition) is 1. The predicted molar refractivity (Wildman–Crippen MR) is 83.2 cm³/mol. The van der Waals surface area contributed by atoms with E-state index >= 15 is 0 Å². The maximum atomic E-state index is 12.8. The lowest BCUT2D eigenvalue weighted by molar-refractivity contribution is -0.137. The zero-order valence-corrected chi connectivity index (χ0v) is 13.3. The van der Waals surface area contributed by atoms with Crippen LogP contribution < -0.4 is 5.32 Å². The van der Waals surface area contributed by atoms with Crippen LogP contribution >= 0.6 is 0 Å². The zero-order valence-electron chi connectivity index (χ0n) is 13.3. The number of alkyl halides is 3. The van der Waals surface area contributed by atoms with Crippen molar-refractivity contribution < 1.29 is 13.2 Å². The van der Waals surface area contributed by atoms with Gasteiger partial charge in [0.05, 0.1) is 17.2 Å². The summed E-state index contributed by atoms with van der Waals surface area (Å²) in [5, 5.41) is 12.1. The number of nitriles is 1. The summed E-state index contributed by atoms with van der Waals surface area (Å²) in [6.07, 6.45) is -4.50. The van der Waals surface area contributed by atoms with Gasteiger partial charge in [-0.2, -0.15) is 18.4 Å². The Kier molecular flexibility index (Phi) is 5.50. The van der Waals surface area contributed by atoms with Gasteiger partial charge in [0.2, 0.25) is 0 Å². The number of likely N-dealkylation sites (N-methyl/N-ethyl adjacent to an activating group) is 1. The van der Waals surface area contributed by atoms with E-state index in [0.717, 1.165) is 38.8 Å². The topological polar surface area (TPSA) is 42.3 Å². The van der Waals surface area contributed by atoms with Gasteiger partial charge in [-0.25, -0.2) is 0 Å². The molecule has 1 aliphatic heterocycles. The molecular weight excluding hydrogens is 305 g/mol. The summed E-state index contributed by atoms with van der Waals surface area (Å²) < 4.78 is 38.4. The average Bonchev–Trinajstić information content (AvgIpc) is 2.48. The van der Waals surface area contributed by atoms with Gasteiger partial charge in [-0.15, -0.1) is 0 Å². The fourth-order valence-electron chi connectivity index (χ4n) is 2.72. The molecule has 1 fully saturated rings. The van der Waals surface area contributed by atoms with Crippen molar-refractivity contribution in [2.75, 3.05) is 45.1 Å². The van der Waals surface area contributed by atoms with Crippen molar-refractivity contribution in [2.24, 2.45) is 0 Å². The highest BCUT2D eigenvalue weighted by molar-refractivity contribution is 5.54. The van der Waals surface area contributed by atoms with E-state index in [1.807, 2.05) is 6.92 Å². The van der Waals surface area contributed by atoms with Crippen molar-refractivity contribution in [2.45, 2.75) is 19.1 Å². The molecule has 1 aliphatic rings. The van der Waals surface area contributed by atoms with E-state index in [2.05, 4.69) is 22.2 Å². The monoisotopic (exact) mass is 326 g/mol. The van der Waals surface area contributed by atoms with Crippen LogP contribution in [0.1, 0.15) is 18.1 Å². The Hall–Kier alpha value is -1.78. The van der Waals surface area contributed by atoms with Gasteiger partial charge in [-0.1, -0.05) is 0 Å². The number of halogens is 3. The standard InChI is InChI=1S/C16H21F3N4/c1-12(11-23-7-5-22(2)6-8-23)21-14-3-4-15(16(17,18)19)13(9-14)10-20/h3-4,9,12,21H,5-8,11H2,1-2H3/t12-/m0/s1. The first-order valence-electron chi connectivity index (χ1n) is 7.58. The molecule has 0 aliphatic carbocycles. The fourth-order valence-corrected chi connectivity index (χ4v) is 2.72. The second-order valence-corrected chi connectivity index (χ2v) is 6.02. The quantitative estimate of drug-likeness (QED) is 0.924. The van der Waals surface area contributed by atoms with Crippen LogP contribution in [0.15, 0.2) is 18.2 Å². The lowest BCUT2D eigenvalue weighted by atomic mass is 10.1. The fraction of sp³-hybridized carbons (Fsp3) is 0.562. The number of piperazine rings is 1. The van der Waals surface area contributed by atoms with Crippen molar-refractivity contribution in [1.29, 1.82) is 5.26 Å². The van der Waals surface area contributed by atoms with Crippen LogP contribution in [0.25, 0.3) is 0 Å². The van der Waals surface area contributed by atoms with E-state index in [9.17, 15) is 13.2 Å². The molecule has 1 heterocycles. The van der Waals surface area contributed by atoms with E-state index in [4.69, 9.17) is 5.26 Å². The van der Waals surface area contributed by atoms with Crippen molar-refractivity contribution >= 4 is 5.69 Å². The summed E-state index contributed by atoms with van der Waals surface area (Å²) in [6.45, 7) is 6.81. The Morgan fingerprint density at radius 1 is 1.26 bits per heavy atom. The average molecular weight is 326 g/mol. The summed E-state index contributed by atoms with van der Waals surface area (Å²) in [5.41, 5.74) is -0.706. The van der Waals surface area contributed by atoms with Crippen LogP contribution in [0.5, 0.6) is 0 Å². The minimum Gasteiger partial charge on any atom is -0.381 e. The van der Waals surface area contributed by atoms with E-state index in [0.29, 0.717) is 5.69 Å². The highest BCUT2D eigenvalue weighted by atomic mass is 19.4. The van der Waals surface area contributed by atoms with E-state index in [1.54, 1.807) is 6.07 Å². The number of nitrogens with zero attached hydrogens (tertiary/aromatic N) is 3. The van der Waals surface area contributed by atoms with Crippen molar-refractivity contribution in [3.63, 3.8) is 0 Å². The first kappa shape index (κ1) is 17.6. The first-order valence-corrected chi connectivity index (χ1v) is 7.58. The number of nitrogens with one attached hydrogen (secondary N) is 1. The smallest absolute Gasteiger partial charge is 0.381 e. The second-order valence-electron chi connectivity index (χ2n) is 6.02. The van der Waals surface area contributed by atoms with Crippen LogP contribution in [-0.2, 0) is 6.18 Å². The Morgan fingerprint density at radius 3 is 2.48 bits per heavy atom. The molecule has 0 radical (unpaired) electrons. The van der Waals surface area contributed by atoms with E-state index in [1.165, 1.54) is 12.1 Å². The third-order valence-corrected chi connectivity index (χ3v) is 3.99. The number of rotatable bonds is 4. The molecule has 0 aromatic heterocycles. The lowest BCUT2D eigenvalue weighted by Crippen LogP contribution is -2.47. The summed E-state index contributed by atoms with van der Waals surface area (Å²) in [7, 11) is 2.09. The molecule has 23 heavy (non-hydrogen) atoms. The number of benzene rings is 1. The summed E-state index contributed by atoms with van der Waals surface area (Å²) in [6, 6.07) is 5.32. The molecule has 0 bridgehead atoms. The maximum Gasteiger partial charge on any atom is 0.417 e. The number of hydrogen-bond acceptors (Lipinski definition) is 4. The Balaban J connectivity index is 1.98. The molecule has 126 valence electrons. The van der Waals surface area contributed by atoms with Crippen molar-refractivity contribution in [1.82, 2.24) is 9.80 Å². The minimum absolute atomic E-state index is 0.0849. The molecule has 1 aromatic rings. The molecule has 0 unspecified atom stereocenters. The predicted octanol–water partition coefficient (Wildman–Crippen LogP) is 2.62. The van der Waals surface area contributed by atoms with Gasteiger partial charge in [-0.3, -0.25) is 4.90 Å². The molecule has 4 nitrogen and oxygen atoms in total.